The van der Waals surface area contributed by atoms with Crippen LogP contribution in [0.15, 0.2) is 165 Å². The molecule has 0 saturated heterocycles. The number of hydrogen-bond donors (Lipinski definition) is 0. The Hall–Kier alpha value is -6.24. The van der Waals surface area contributed by atoms with E-state index in [2.05, 4.69) is 0 Å². The molecule has 9 rings (SSSR count). The van der Waals surface area contributed by atoms with Gasteiger partial charge in [-0.05, 0) is 143 Å². The van der Waals surface area contributed by atoms with Crippen LogP contribution in [0.5, 0.6) is 23.0 Å². The van der Waals surface area contributed by atoms with Crippen molar-refractivity contribution in [1.82, 2.24) is 0 Å². The Balaban J connectivity index is 1.19. The third kappa shape index (κ3) is 18.2. The summed E-state index contributed by atoms with van der Waals surface area (Å²) in [4.78, 5) is -0.139. The number of benzene rings is 8. The van der Waals surface area contributed by atoms with Gasteiger partial charge in [0.25, 0.3) is 40.5 Å². The third-order valence-electron chi connectivity index (χ3n) is 14.9. The van der Waals surface area contributed by atoms with Crippen LogP contribution < -0.4 is 18.9 Å². The minimum Gasteiger partial charge on any atom is -0.491 e. The second kappa shape index (κ2) is 31.3. The van der Waals surface area contributed by atoms with Gasteiger partial charge in [0.15, 0.2) is 0 Å². The molecule has 0 unspecified atom stereocenters. The van der Waals surface area contributed by atoms with Gasteiger partial charge in [0, 0.05) is 49.2 Å². The van der Waals surface area contributed by atoms with E-state index in [-0.39, 0.29) is 95.2 Å². The molecule has 1 aliphatic carbocycles. The number of ether oxygens (including phenoxy) is 4. The van der Waals surface area contributed by atoms with E-state index in [0.717, 1.165) is 22.3 Å². The van der Waals surface area contributed by atoms with Crippen molar-refractivity contribution in [3.8, 4) is 23.0 Å². The molecule has 8 aromatic rings. The first-order chi connectivity index (χ1) is 44.0. The van der Waals surface area contributed by atoms with Crippen molar-refractivity contribution in [1.29, 1.82) is 0 Å². The first kappa shape index (κ1) is 70.1. The molecule has 0 atom stereocenters. The maximum Gasteiger partial charge on any atom is 0.297 e. The Kier molecular flexibility index (Phi) is 23.9. The number of fused-ring (bicyclic) bond motifs is 8. The summed E-state index contributed by atoms with van der Waals surface area (Å²) in [6, 6.07) is 39.9. The molecule has 0 amide bonds. The Labute approximate surface area is 559 Å². The Morgan fingerprint density at radius 1 is 0.272 bits per heavy atom. The number of rotatable bonds is 28. The van der Waals surface area contributed by atoms with Crippen LogP contribution in [0.2, 0.25) is 0 Å². The zero-order valence-electron chi connectivity index (χ0n) is 50.8. The summed E-state index contributed by atoms with van der Waals surface area (Å²) in [5.41, 5.74) is 10.6. The van der Waals surface area contributed by atoms with Gasteiger partial charge in [-0.3, -0.25) is 16.7 Å². The molecule has 488 valence electrons. The van der Waals surface area contributed by atoms with Crippen LogP contribution in [0, 0.1) is 27.7 Å². The first-order valence-corrected chi connectivity index (χ1v) is 36.9. The second-order valence-electron chi connectivity index (χ2n) is 22.0. The minimum absolute atomic E-state index is 0.0347. The number of hydrogen-bond acceptors (Lipinski definition) is 16. The highest BCUT2D eigenvalue weighted by Crippen LogP contribution is 2.42. The molecule has 16 nitrogen and oxygen atoms in total. The zero-order valence-corrected chi connectivity index (χ0v) is 57.1. The molecule has 0 N–H and O–H groups in total. The van der Waals surface area contributed by atoms with Crippen LogP contribution in [0.4, 0.5) is 0 Å². The summed E-state index contributed by atoms with van der Waals surface area (Å²) in [5.74, 6) is 1.45. The Morgan fingerprint density at radius 3 is 0.587 bits per heavy atom. The lowest BCUT2D eigenvalue weighted by atomic mass is 9.88. The van der Waals surface area contributed by atoms with Crippen LogP contribution in [0.25, 0.3) is 0 Å². The SMILES string of the molecule is Cc1ccc(S(=O)(=O)OCCOc2c3cc(CCl)cc2Cc2cc(CCl)cc(c2OCCOS(=O)(=O)c2ccc(C)cc2)Cc2cc(CCl)cc(c2OCCOS(=O)(=O)c2ccc(C)cc2)Cc2cc(CCl)cc(c2OCCOS(=O)(=O)c2ccc(C)cc2)C3)cc1. The van der Waals surface area contributed by atoms with Gasteiger partial charge < -0.3 is 18.9 Å². The largest absolute Gasteiger partial charge is 0.491 e. The van der Waals surface area contributed by atoms with E-state index in [9.17, 15) is 33.7 Å². The smallest absolute Gasteiger partial charge is 0.297 e. The molecule has 0 aromatic heterocycles. The van der Waals surface area contributed by atoms with Crippen molar-refractivity contribution >= 4 is 86.9 Å². The van der Waals surface area contributed by atoms with Crippen molar-refractivity contribution in [3.05, 3.63) is 235 Å². The van der Waals surface area contributed by atoms with E-state index in [0.29, 0.717) is 89.8 Å². The highest BCUT2D eigenvalue weighted by atomic mass is 35.5. The first-order valence-electron chi connectivity index (χ1n) is 29.2. The minimum atomic E-state index is -4.23. The van der Waals surface area contributed by atoms with E-state index >= 15 is 0 Å². The number of aryl methyl sites for hydroxylation is 4. The van der Waals surface area contributed by atoms with Crippen molar-refractivity contribution in [2.45, 2.75) is 96.5 Å². The number of alkyl halides is 4. The molecule has 0 aliphatic heterocycles. The Bertz CT molecular complexity index is 3720. The van der Waals surface area contributed by atoms with Gasteiger partial charge in [-0.15, -0.1) is 46.4 Å². The lowest BCUT2D eigenvalue weighted by Gasteiger charge is -2.24. The van der Waals surface area contributed by atoms with E-state index in [1.165, 1.54) is 48.5 Å². The lowest BCUT2D eigenvalue weighted by molar-refractivity contribution is 0.216. The van der Waals surface area contributed by atoms with Crippen molar-refractivity contribution in [3.63, 3.8) is 0 Å². The molecular formula is C68H68Cl4O16S4. The van der Waals surface area contributed by atoms with E-state index in [4.69, 9.17) is 82.1 Å². The van der Waals surface area contributed by atoms with Gasteiger partial charge in [0.2, 0.25) is 0 Å². The molecule has 1 aliphatic rings. The van der Waals surface area contributed by atoms with Gasteiger partial charge >= 0.3 is 0 Å². The molecule has 8 bridgehead atoms. The highest BCUT2D eigenvalue weighted by Gasteiger charge is 2.27. The van der Waals surface area contributed by atoms with Crippen molar-refractivity contribution in [2.75, 3.05) is 52.9 Å². The van der Waals surface area contributed by atoms with Crippen LogP contribution in [-0.4, -0.2) is 86.5 Å². The summed E-state index contributed by atoms with van der Waals surface area (Å²) < 4.78 is 157. The summed E-state index contributed by atoms with van der Waals surface area (Å²) in [7, 11) is -16.9. The average Bonchev–Trinajstić information content (AvgIpc) is 0.800. The summed E-state index contributed by atoms with van der Waals surface area (Å²) >= 11 is 27.1. The molecule has 92 heavy (non-hydrogen) atoms. The van der Waals surface area contributed by atoms with Crippen LogP contribution >= 0.6 is 46.4 Å². The van der Waals surface area contributed by atoms with Gasteiger partial charge in [-0.2, -0.15) is 33.7 Å². The standard InChI is InChI=1S/C68H68Cl4O16S4/c1-45-5-13-61(14-6-45)89(73,74)85-25-21-81-65-53-29-49(41-69)30-54(65)38-56-32-51(43-71)34-58(67(56)83-23-27-87-91(77,78)63-17-9-47(3)10-18-63)40-60-36-52(44-72)35-59(68(60)84-24-28-88-92(79,80)64-19-11-48(4)12-20-64)39-57-33-50(42-70)31-55(37-53)66(57)82-22-26-86-90(75,76)62-15-7-46(2)8-16-62/h5-20,29-36H,21-28,37-44H2,1-4H3. The van der Waals surface area contributed by atoms with E-state index in [1.807, 2.05) is 76.2 Å². The topological polar surface area (TPSA) is 210 Å². The molecule has 0 spiro atoms. The van der Waals surface area contributed by atoms with E-state index in [1.54, 1.807) is 48.5 Å². The molecular weight excluding hydrogens is 1340 g/mol. The fourth-order valence-electron chi connectivity index (χ4n) is 10.5. The van der Waals surface area contributed by atoms with Crippen molar-refractivity contribution in [2.24, 2.45) is 0 Å². The molecule has 0 radical (unpaired) electrons. The lowest BCUT2D eigenvalue weighted by Crippen LogP contribution is -2.17. The fraction of sp³-hybridized carbons (Fsp3) is 0.294. The summed E-state index contributed by atoms with van der Waals surface area (Å²) in [6.07, 6.45) is 0.212. The monoisotopic (exact) mass is 1410 g/mol. The van der Waals surface area contributed by atoms with Crippen LogP contribution in [0.1, 0.15) is 89.0 Å². The quantitative estimate of drug-likeness (QED) is 0.0253. The maximum atomic E-state index is 13.5. The maximum absolute atomic E-state index is 13.5. The van der Waals surface area contributed by atoms with Gasteiger partial charge in [-0.1, -0.05) is 119 Å². The van der Waals surface area contributed by atoms with Crippen LogP contribution in [-0.2, 0) is 106 Å². The van der Waals surface area contributed by atoms with E-state index < -0.39 is 66.9 Å². The normalized spacial score (nSPS) is 12.8. The Morgan fingerprint density at radius 2 is 0.435 bits per heavy atom. The molecule has 0 heterocycles. The molecule has 0 saturated carbocycles. The summed E-state index contributed by atoms with van der Waals surface area (Å²) in [6.45, 7) is 4.71. The average molecular weight is 1410 g/mol. The predicted molar refractivity (Wildman–Crippen MR) is 354 cm³/mol. The predicted octanol–water partition coefficient (Wildman–Crippen LogP) is 13.7. The van der Waals surface area contributed by atoms with Gasteiger partial charge in [0.1, 0.15) is 75.9 Å². The molecule has 24 heteroatoms. The summed E-state index contributed by atoms with van der Waals surface area (Å²) in [5, 5.41) is 0. The zero-order chi connectivity index (χ0) is 65.8. The van der Waals surface area contributed by atoms with Crippen molar-refractivity contribution < 1.29 is 69.4 Å². The molecule has 0 fully saturated rings. The number of halogens is 4. The third-order valence-corrected chi connectivity index (χ3v) is 21.4. The van der Waals surface area contributed by atoms with Crippen LogP contribution in [0.3, 0.4) is 0 Å². The molecule has 8 aromatic carbocycles. The van der Waals surface area contributed by atoms with Gasteiger partial charge in [0.05, 0.1) is 19.6 Å². The fourth-order valence-corrected chi connectivity index (χ4v) is 14.7. The van der Waals surface area contributed by atoms with Gasteiger partial charge in [-0.25, -0.2) is 0 Å². The second-order valence-corrected chi connectivity index (χ2v) is 29.5. The highest BCUT2D eigenvalue weighted by molar-refractivity contribution is 7.87.